The van der Waals surface area contributed by atoms with Gasteiger partial charge in [0.1, 0.15) is 11.2 Å². The Balaban J connectivity index is 1.19. The Hall–Kier alpha value is -7.63. The maximum atomic E-state index is 6.64. The smallest absolute Gasteiger partial charge is 0.238 e. The van der Waals surface area contributed by atoms with Crippen molar-refractivity contribution in [2.24, 2.45) is 0 Å². The summed E-state index contributed by atoms with van der Waals surface area (Å²) < 4.78 is 8.84. The highest BCUT2D eigenvalue weighted by Crippen LogP contribution is 2.42. The average Bonchev–Trinajstić information content (AvgIpc) is 3.83. The van der Waals surface area contributed by atoms with Crippen molar-refractivity contribution >= 4 is 76.1 Å². The van der Waals surface area contributed by atoms with Crippen molar-refractivity contribution in [2.75, 3.05) is 0 Å². The van der Waals surface area contributed by atoms with E-state index in [1.165, 1.54) is 26.9 Å². The first-order chi connectivity index (χ1) is 27.8. The Morgan fingerprint density at radius 3 is 1.75 bits per heavy atom. The van der Waals surface area contributed by atoms with Gasteiger partial charge in [0.2, 0.25) is 5.95 Å². The van der Waals surface area contributed by atoms with Crippen LogP contribution in [0.25, 0.3) is 116 Å². The Labute approximate surface area is 320 Å². The van der Waals surface area contributed by atoms with Crippen LogP contribution in [0, 0.1) is 0 Å². The fourth-order valence-corrected chi connectivity index (χ4v) is 8.77. The maximum Gasteiger partial charge on any atom is 0.238 e. The van der Waals surface area contributed by atoms with Crippen molar-refractivity contribution in [3.05, 3.63) is 182 Å². The molecule has 0 N–H and O–H groups in total. The number of hydrogen-bond acceptors (Lipinski definition) is 4. The molecule has 0 aliphatic rings. The third-order valence-electron chi connectivity index (χ3n) is 11.3. The molecule has 0 aliphatic heterocycles. The van der Waals surface area contributed by atoms with E-state index in [-0.39, 0.29) is 0 Å². The van der Waals surface area contributed by atoms with Crippen LogP contribution in [-0.2, 0) is 0 Å². The van der Waals surface area contributed by atoms with Gasteiger partial charge in [-0.25, -0.2) is 4.98 Å². The van der Waals surface area contributed by atoms with Gasteiger partial charge in [0.15, 0.2) is 11.6 Å². The van der Waals surface area contributed by atoms with Gasteiger partial charge in [0.05, 0.1) is 11.0 Å². The lowest BCUT2D eigenvalue weighted by Gasteiger charge is -2.15. The van der Waals surface area contributed by atoms with Gasteiger partial charge in [-0.15, -0.1) is 0 Å². The molecule has 56 heavy (non-hydrogen) atoms. The summed E-state index contributed by atoms with van der Waals surface area (Å²) in [6.45, 7) is 0. The largest absolute Gasteiger partial charge is 0.455 e. The first-order valence-corrected chi connectivity index (χ1v) is 18.9. The highest BCUT2D eigenvalue weighted by Gasteiger charge is 2.23. The number of aromatic nitrogens is 4. The standard InChI is InChI=1S/C51H30N4O/c1-4-17-34-31(13-1)16-11-23-37(34)38-20-7-8-21-39(38)49-52-50(42-24-12-26-45-47(42)41-29-27-33-15-3-6-19-36(33)48(41)56-45)54-51(53-49)55-43-25-10-9-22-40(43)46-35-18-5-2-14-32(35)28-30-44(46)55/h1-30H. The van der Waals surface area contributed by atoms with Crippen LogP contribution in [0.5, 0.6) is 0 Å². The molecule has 0 aliphatic carbocycles. The normalized spacial score (nSPS) is 11.9. The van der Waals surface area contributed by atoms with Gasteiger partial charge in [-0.2, -0.15) is 9.97 Å². The molecule has 12 aromatic rings. The molecular formula is C51H30N4O. The van der Waals surface area contributed by atoms with Crippen LogP contribution < -0.4 is 0 Å². The summed E-state index contributed by atoms with van der Waals surface area (Å²) in [5.74, 6) is 1.72. The number of furan rings is 1. The van der Waals surface area contributed by atoms with Crippen molar-refractivity contribution in [1.82, 2.24) is 19.5 Å². The Morgan fingerprint density at radius 2 is 0.911 bits per heavy atom. The van der Waals surface area contributed by atoms with E-state index >= 15 is 0 Å². The van der Waals surface area contributed by atoms with E-state index in [1.54, 1.807) is 0 Å². The summed E-state index contributed by atoms with van der Waals surface area (Å²) in [6.07, 6.45) is 0. The fourth-order valence-electron chi connectivity index (χ4n) is 8.77. The summed E-state index contributed by atoms with van der Waals surface area (Å²) in [5, 5.41) is 11.3. The second-order valence-electron chi connectivity index (χ2n) is 14.3. The van der Waals surface area contributed by atoms with E-state index in [0.717, 1.165) is 71.4 Å². The van der Waals surface area contributed by atoms with Crippen LogP contribution in [0.3, 0.4) is 0 Å². The van der Waals surface area contributed by atoms with Crippen LogP contribution >= 0.6 is 0 Å². The van der Waals surface area contributed by atoms with Crippen molar-refractivity contribution in [1.29, 1.82) is 0 Å². The van der Waals surface area contributed by atoms with Crippen LogP contribution in [0.15, 0.2) is 186 Å². The second kappa shape index (κ2) is 11.9. The highest BCUT2D eigenvalue weighted by atomic mass is 16.3. The number of hydrogen-bond donors (Lipinski definition) is 0. The minimum absolute atomic E-state index is 0.550. The van der Waals surface area contributed by atoms with Gasteiger partial charge in [-0.05, 0) is 62.3 Å². The Bertz CT molecular complexity index is 3550. The molecule has 260 valence electrons. The Kier molecular flexibility index (Phi) is 6.56. The first-order valence-electron chi connectivity index (χ1n) is 18.9. The molecule has 5 nitrogen and oxygen atoms in total. The molecule has 9 aromatic carbocycles. The van der Waals surface area contributed by atoms with Crippen LogP contribution in [0.4, 0.5) is 0 Å². The SMILES string of the molecule is c1ccc(-c2cccc3ccccc23)c(-c2nc(-c3cccc4oc5c6ccccc6ccc5c34)nc(-n3c4ccccc4c4c5ccccc5ccc43)n2)c1. The topological polar surface area (TPSA) is 56.7 Å². The quantitative estimate of drug-likeness (QED) is 0.182. The molecule has 0 amide bonds. The fraction of sp³-hybridized carbons (Fsp3) is 0. The number of fused-ring (bicyclic) bond motifs is 11. The van der Waals surface area contributed by atoms with E-state index in [4.69, 9.17) is 19.4 Å². The van der Waals surface area contributed by atoms with Crippen molar-refractivity contribution in [3.63, 3.8) is 0 Å². The molecule has 0 radical (unpaired) electrons. The first kappa shape index (κ1) is 30.8. The Morgan fingerprint density at radius 1 is 0.339 bits per heavy atom. The minimum Gasteiger partial charge on any atom is -0.455 e. The number of benzene rings is 9. The van der Waals surface area contributed by atoms with Crippen molar-refractivity contribution < 1.29 is 4.42 Å². The lowest BCUT2D eigenvalue weighted by atomic mass is 9.94. The molecule has 0 saturated heterocycles. The number of para-hydroxylation sites is 1. The predicted molar refractivity (Wildman–Crippen MR) is 230 cm³/mol. The average molecular weight is 715 g/mol. The molecule has 0 saturated carbocycles. The molecule has 3 heterocycles. The lowest BCUT2D eigenvalue weighted by Crippen LogP contribution is -2.07. The second-order valence-corrected chi connectivity index (χ2v) is 14.3. The highest BCUT2D eigenvalue weighted by molar-refractivity contribution is 6.21. The zero-order chi connectivity index (χ0) is 36.7. The van der Waals surface area contributed by atoms with Crippen LogP contribution in [0.2, 0.25) is 0 Å². The van der Waals surface area contributed by atoms with Crippen LogP contribution in [-0.4, -0.2) is 19.5 Å². The van der Waals surface area contributed by atoms with Crippen molar-refractivity contribution in [3.8, 4) is 39.9 Å². The van der Waals surface area contributed by atoms with Gasteiger partial charge in [0.25, 0.3) is 0 Å². The predicted octanol–water partition coefficient (Wildman–Crippen LogP) is 13.3. The monoisotopic (exact) mass is 714 g/mol. The molecule has 12 rings (SSSR count). The number of nitrogens with zero attached hydrogens (tertiary/aromatic N) is 4. The van der Waals surface area contributed by atoms with Gasteiger partial charge in [0, 0.05) is 38.1 Å². The van der Waals surface area contributed by atoms with Gasteiger partial charge in [-0.3, -0.25) is 4.57 Å². The van der Waals surface area contributed by atoms with Gasteiger partial charge < -0.3 is 4.42 Å². The van der Waals surface area contributed by atoms with E-state index in [1.807, 2.05) is 12.1 Å². The summed E-state index contributed by atoms with van der Waals surface area (Å²) in [5.41, 5.74) is 7.70. The summed E-state index contributed by atoms with van der Waals surface area (Å²) >= 11 is 0. The number of rotatable bonds is 4. The third kappa shape index (κ3) is 4.52. The van der Waals surface area contributed by atoms with E-state index in [9.17, 15) is 0 Å². The maximum absolute atomic E-state index is 6.64. The minimum atomic E-state index is 0.550. The van der Waals surface area contributed by atoms with E-state index in [0.29, 0.717) is 17.6 Å². The van der Waals surface area contributed by atoms with Gasteiger partial charge in [-0.1, -0.05) is 158 Å². The zero-order valence-corrected chi connectivity index (χ0v) is 30.0. The molecule has 0 unspecified atom stereocenters. The molecule has 0 spiro atoms. The van der Waals surface area contributed by atoms with E-state index in [2.05, 4.69) is 174 Å². The summed E-state index contributed by atoms with van der Waals surface area (Å²) in [7, 11) is 0. The molecule has 0 bridgehead atoms. The molecule has 0 atom stereocenters. The molecule has 5 heteroatoms. The van der Waals surface area contributed by atoms with E-state index < -0.39 is 0 Å². The third-order valence-corrected chi connectivity index (χ3v) is 11.3. The van der Waals surface area contributed by atoms with Gasteiger partial charge >= 0.3 is 0 Å². The lowest BCUT2D eigenvalue weighted by molar-refractivity contribution is 0.672. The summed E-state index contributed by atoms with van der Waals surface area (Å²) in [6, 6.07) is 63.8. The molecule has 0 fully saturated rings. The molecular weight excluding hydrogens is 685 g/mol. The zero-order valence-electron chi connectivity index (χ0n) is 30.0. The van der Waals surface area contributed by atoms with Crippen molar-refractivity contribution in [2.45, 2.75) is 0 Å². The summed E-state index contributed by atoms with van der Waals surface area (Å²) in [4.78, 5) is 16.2. The molecule has 3 aromatic heterocycles. The van der Waals surface area contributed by atoms with Crippen LogP contribution in [0.1, 0.15) is 0 Å².